The summed E-state index contributed by atoms with van der Waals surface area (Å²) < 4.78 is 13.2. The fourth-order valence-electron chi connectivity index (χ4n) is 2.69. The molecule has 0 N–H and O–H groups in total. The topological polar surface area (TPSA) is 88.2 Å². The molecule has 0 amide bonds. The van der Waals surface area contributed by atoms with Crippen LogP contribution in [0.4, 0.5) is 0 Å². The minimum Gasteiger partial charge on any atom is -0.465 e. The maximum atomic E-state index is 12.2. The average molecular weight is 342 g/mol. The van der Waals surface area contributed by atoms with Crippen molar-refractivity contribution in [3.63, 3.8) is 0 Å². The zero-order chi connectivity index (χ0) is 18.1. The van der Waals surface area contributed by atoms with Crippen molar-refractivity contribution in [2.45, 2.75) is 6.92 Å². The van der Waals surface area contributed by atoms with E-state index < -0.39 is 11.9 Å². The Morgan fingerprint density at radius 2 is 1.96 bits per heavy atom. The lowest BCUT2D eigenvalue weighted by atomic mass is 10.2. The minimum atomic E-state index is -0.500. The van der Waals surface area contributed by atoms with Crippen LogP contribution in [0.5, 0.6) is 0 Å². The van der Waals surface area contributed by atoms with Crippen molar-refractivity contribution < 1.29 is 19.1 Å². The molecule has 0 aliphatic carbocycles. The van der Waals surface area contributed by atoms with Crippen LogP contribution in [0, 0.1) is 0 Å². The zero-order valence-corrected chi connectivity index (χ0v) is 14.4. The average Bonchev–Trinajstić information content (AvgIpc) is 3.14. The molecule has 0 atom stereocenters. The molecule has 3 aromatic rings. The highest BCUT2D eigenvalue weighted by molar-refractivity contribution is 5.97. The number of benzene rings is 1. The molecule has 1 aromatic carbocycles. The van der Waals surface area contributed by atoms with E-state index in [2.05, 4.69) is 10.1 Å². The molecular weight excluding hydrogens is 324 g/mol. The van der Waals surface area contributed by atoms with Crippen molar-refractivity contribution in [2.24, 2.45) is 14.1 Å². The van der Waals surface area contributed by atoms with E-state index in [4.69, 9.17) is 9.47 Å². The van der Waals surface area contributed by atoms with Gasteiger partial charge in [0.05, 0.1) is 35.9 Å². The molecule has 0 spiro atoms. The van der Waals surface area contributed by atoms with Crippen molar-refractivity contribution in [3.05, 3.63) is 35.7 Å². The number of nitrogens with zero attached hydrogens (tertiary/aromatic N) is 4. The molecule has 3 rings (SSSR count). The number of carbonyl (C=O) groups is 2. The van der Waals surface area contributed by atoms with Crippen LogP contribution in [-0.4, -0.2) is 45.0 Å². The van der Waals surface area contributed by atoms with Gasteiger partial charge in [-0.3, -0.25) is 4.68 Å². The zero-order valence-electron chi connectivity index (χ0n) is 14.4. The predicted octanol–water partition coefficient (Wildman–Crippen LogP) is 1.94. The summed E-state index contributed by atoms with van der Waals surface area (Å²) in [7, 11) is 4.90. The molecule has 0 aliphatic heterocycles. The molecule has 8 nitrogen and oxygen atoms in total. The Morgan fingerprint density at radius 3 is 2.64 bits per heavy atom. The van der Waals surface area contributed by atoms with Crippen LogP contribution in [0.2, 0.25) is 0 Å². The molecule has 25 heavy (non-hydrogen) atoms. The van der Waals surface area contributed by atoms with Crippen LogP contribution >= 0.6 is 0 Å². The second kappa shape index (κ2) is 6.39. The summed E-state index contributed by atoms with van der Waals surface area (Å²) in [6.45, 7) is 2.00. The fraction of sp³-hybridized carbons (Fsp3) is 0.294. The van der Waals surface area contributed by atoms with Gasteiger partial charge in [-0.15, -0.1) is 0 Å². The highest BCUT2D eigenvalue weighted by Crippen LogP contribution is 2.27. The highest BCUT2D eigenvalue weighted by Gasteiger charge is 2.23. The van der Waals surface area contributed by atoms with Crippen LogP contribution in [0.3, 0.4) is 0 Å². The van der Waals surface area contributed by atoms with E-state index in [1.54, 1.807) is 43.0 Å². The number of methoxy groups -OCH3 is 1. The summed E-state index contributed by atoms with van der Waals surface area (Å²) in [5, 5.41) is 4.19. The first kappa shape index (κ1) is 16.7. The largest absolute Gasteiger partial charge is 0.465 e. The van der Waals surface area contributed by atoms with Gasteiger partial charge in [0.1, 0.15) is 5.82 Å². The van der Waals surface area contributed by atoms with Gasteiger partial charge < -0.3 is 14.0 Å². The Hall–Kier alpha value is -3.16. The minimum absolute atomic E-state index is 0.205. The Balaban J connectivity index is 2.15. The monoisotopic (exact) mass is 342 g/mol. The second-order valence-corrected chi connectivity index (χ2v) is 5.48. The molecule has 0 radical (unpaired) electrons. The maximum Gasteiger partial charge on any atom is 0.359 e. The number of ether oxygens (including phenoxy) is 2. The van der Waals surface area contributed by atoms with Crippen molar-refractivity contribution in [3.8, 4) is 11.4 Å². The van der Waals surface area contributed by atoms with Gasteiger partial charge >= 0.3 is 11.9 Å². The second-order valence-electron chi connectivity index (χ2n) is 5.48. The molecule has 0 saturated heterocycles. The number of rotatable bonds is 4. The van der Waals surface area contributed by atoms with E-state index in [0.29, 0.717) is 22.5 Å². The molecule has 130 valence electrons. The number of carbonyl (C=O) groups excluding carboxylic acids is 2. The number of fused-ring (bicyclic) bond motifs is 1. The van der Waals surface area contributed by atoms with Gasteiger partial charge in [-0.2, -0.15) is 5.10 Å². The van der Waals surface area contributed by atoms with E-state index in [1.165, 1.54) is 7.11 Å². The van der Waals surface area contributed by atoms with Gasteiger partial charge in [-0.05, 0) is 25.1 Å². The third-order valence-corrected chi connectivity index (χ3v) is 3.84. The van der Waals surface area contributed by atoms with E-state index in [9.17, 15) is 9.59 Å². The van der Waals surface area contributed by atoms with Gasteiger partial charge in [-0.25, -0.2) is 14.6 Å². The van der Waals surface area contributed by atoms with Crippen LogP contribution in [-0.2, 0) is 23.6 Å². The fourth-order valence-corrected chi connectivity index (χ4v) is 2.69. The summed E-state index contributed by atoms with van der Waals surface area (Å²) >= 11 is 0. The predicted molar refractivity (Wildman–Crippen MR) is 90.2 cm³/mol. The van der Waals surface area contributed by atoms with Gasteiger partial charge in [-0.1, -0.05) is 0 Å². The smallest absolute Gasteiger partial charge is 0.359 e. The van der Waals surface area contributed by atoms with Gasteiger partial charge in [0.25, 0.3) is 0 Å². The number of imidazole rings is 1. The lowest BCUT2D eigenvalue weighted by Crippen LogP contribution is -2.08. The van der Waals surface area contributed by atoms with E-state index in [-0.39, 0.29) is 12.3 Å². The van der Waals surface area contributed by atoms with E-state index in [1.807, 2.05) is 11.6 Å². The molecule has 0 unspecified atom stereocenters. The number of aryl methyl sites for hydroxylation is 2. The Bertz CT molecular complexity index is 971. The molecule has 2 aromatic heterocycles. The number of hydrogen-bond acceptors (Lipinski definition) is 6. The normalized spacial score (nSPS) is 10.9. The third kappa shape index (κ3) is 2.86. The first-order chi connectivity index (χ1) is 12.0. The standard InChI is InChI=1S/C17H18N4O4/c1-5-25-17(23)14-11(9-20(2)19-14)15-18-12-8-10(16(22)24-4)6-7-13(12)21(15)3/h6-9H,5H2,1-4H3. The molecule has 0 aliphatic rings. The maximum absolute atomic E-state index is 12.2. The van der Waals surface area contributed by atoms with Crippen LogP contribution in [0.25, 0.3) is 22.4 Å². The summed E-state index contributed by atoms with van der Waals surface area (Å²) in [5.41, 5.74) is 2.63. The molecule has 0 bridgehead atoms. The number of hydrogen-bond donors (Lipinski definition) is 0. The van der Waals surface area contributed by atoms with Crippen LogP contribution in [0.1, 0.15) is 27.8 Å². The molecule has 0 fully saturated rings. The summed E-state index contributed by atoms with van der Waals surface area (Å²) in [6, 6.07) is 5.12. The lowest BCUT2D eigenvalue weighted by Gasteiger charge is -2.03. The summed E-state index contributed by atoms with van der Waals surface area (Å²) in [4.78, 5) is 28.4. The van der Waals surface area contributed by atoms with Gasteiger partial charge in [0.2, 0.25) is 0 Å². The number of aromatic nitrogens is 4. The van der Waals surface area contributed by atoms with Crippen molar-refractivity contribution in [1.82, 2.24) is 19.3 Å². The summed E-state index contributed by atoms with van der Waals surface area (Å²) in [6.07, 6.45) is 1.72. The molecule has 2 heterocycles. The van der Waals surface area contributed by atoms with Gasteiger partial charge in [0.15, 0.2) is 5.69 Å². The van der Waals surface area contributed by atoms with Crippen LogP contribution < -0.4 is 0 Å². The molecular formula is C17H18N4O4. The Kier molecular flexibility index (Phi) is 4.26. The van der Waals surface area contributed by atoms with E-state index in [0.717, 1.165) is 5.52 Å². The molecule has 8 heteroatoms. The van der Waals surface area contributed by atoms with Crippen LogP contribution in [0.15, 0.2) is 24.4 Å². The lowest BCUT2D eigenvalue weighted by molar-refractivity contribution is 0.0518. The SMILES string of the molecule is CCOC(=O)c1nn(C)cc1-c1nc2cc(C(=O)OC)ccc2n1C. The molecule has 0 saturated carbocycles. The highest BCUT2D eigenvalue weighted by atomic mass is 16.5. The van der Waals surface area contributed by atoms with E-state index >= 15 is 0 Å². The Labute approximate surface area is 144 Å². The quantitative estimate of drug-likeness (QED) is 0.673. The third-order valence-electron chi connectivity index (χ3n) is 3.84. The number of esters is 2. The summed E-state index contributed by atoms with van der Waals surface area (Å²) in [5.74, 6) is -0.365. The Morgan fingerprint density at radius 1 is 1.20 bits per heavy atom. The van der Waals surface area contributed by atoms with Gasteiger partial charge in [0, 0.05) is 20.3 Å². The van der Waals surface area contributed by atoms with Crippen molar-refractivity contribution in [2.75, 3.05) is 13.7 Å². The van der Waals surface area contributed by atoms with Crippen molar-refractivity contribution in [1.29, 1.82) is 0 Å². The first-order valence-electron chi connectivity index (χ1n) is 7.72. The van der Waals surface area contributed by atoms with Crippen molar-refractivity contribution >= 4 is 23.0 Å². The first-order valence-corrected chi connectivity index (χ1v) is 7.72.